The first-order valence-corrected chi connectivity index (χ1v) is 5.65. The van der Waals surface area contributed by atoms with E-state index in [9.17, 15) is 9.59 Å². The average Bonchev–Trinajstić information content (AvgIpc) is 2.88. The molecule has 1 heterocycles. The fourth-order valence-corrected chi connectivity index (χ4v) is 1.65. The molecule has 0 saturated carbocycles. The number of aromatic nitrogens is 1. The number of carbonyl (C=O) groups excluding carboxylic acids is 2. The standard InChI is InChI=1S/C14H13NO3/c1-2-18-13-5-3-10(4-6-13)14(17)11-7-12(9-16)15-8-11/h3-9,15H,2H2,1H3. The van der Waals surface area contributed by atoms with Gasteiger partial charge in [0, 0.05) is 17.3 Å². The number of ether oxygens (including phenoxy) is 1. The molecular formula is C14H13NO3. The second-order valence-corrected chi connectivity index (χ2v) is 3.75. The van der Waals surface area contributed by atoms with Crippen molar-refractivity contribution in [1.82, 2.24) is 4.98 Å². The van der Waals surface area contributed by atoms with Gasteiger partial charge < -0.3 is 9.72 Å². The van der Waals surface area contributed by atoms with E-state index in [0.29, 0.717) is 29.7 Å². The van der Waals surface area contributed by atoms with Gasteiger partial charge in [0.05, 0.1) is 12.3 Å². The summed E-state index contributed by atoms with van der Waals surface area (Å²) in [5.74, 6) is 0.610. The number of carbonyl (C=O) groups is 2. The molecule has 0 bridgehead atoms. The number of aromatic amines is 1. The van der Waals surface area contributed by atoms with Crippen LogP contribution in [0.5, 0.6) is 5.75 Å². The Balaban J connectivity index is 2.20. The summed E-state index contributed by atoms with van der Waals surface area (Å²) < 4.78 is 5.30. The Bertz CT molecular complexity index is 555. The van der Waals surface area contributed by atoms with Gasteiger partial charge in [-0.25, -0.2) is 0 Å². The van der Waals surface area contributed by atoms with Crippen LogP contribution in [0.15, 0.2) is 36.5 Å². The SMILES string of the molecule is CCOc1ccc(C(=O)c2c[nH]c(C=O)c2)cc1. The lowest BCUT2D eigenvalue weighted by Crippen LogP contribution is -2.00. The van der Waals surface area contributed by atoms with Crippen LogP contribution in [0.3, 0.4) is 0 Å². The van der Waals surface area contributed by atoms with Crippen molar-refractivity contribution in [3.05, 3.63) is 53.3 Å². The molecule has 0 aliphatic heterocycles. The van der Waals surface area contributed by atoms with Crippen molar-refractivity contribution in [3.63, 3.8) is 0 Å². The van der Waals surface area contributed by atoms with Crippen molar-refractivity contribution < 1.29 is 14.3 Å². The lowest BCUT2D eigenvalue weighted by molar-refractivity contribution is 0.103. The lowest BCUT2D eigenvalue weighted by Gasteiger charge is -2.03. The molecule has 4 nitrogen and oxygen atoms in total. The molecular weight excluding hydrogens is 230 g/mol. The normalized spacial score (nSPS) is 10.1. The van der Waals surface area contributed by atoms with Crippen LogP contribution in [0, 0.1) is 0 Å². The monoisotopic (exact) mass is 243 g/mol. The highest BCUT2D eigenvalue weighted by atomic mass is 16.5. The van der Waals surface area contributed by atoms with E-state index in [0.717, 1.165) is 5.75 Å². The molecule has 0 fully saturated rings. The maximum Gasteiger partial charge on any atom is 0.194 e. The van der Waals surface area contributed by atoms with Gasteiger partial charge in [0.15, 0.2) is 12.1 Å². The summed E-state index contributed by atoms with van der Waals surface area (Å²) in [5, 5.41) is 0. The minimum absolute atomic E-state index is 0.123. The number of aldehydes is 1. The molecule has 1 N–H and O–H groups in total. The molecule has 2 rings (SSSR count). The van der Waals surface area contributed by atoms with Crippen molar-refractivity contribution in [3.8, 4) is 5.75 Å². The quantitative estimate of drug-likeness (QED) is 0.648. The number of rotatable bonds is 5. The molecule has 1 aromatic heterocycles. The predicted octanol–water partition coefficient (Wildman–Crippen LogP) is 2.46. The van der Waals surface area contributed by atoms with Crippen molar-refractivity contribution >= 4 is 12.1 Å². The first-order valence-electron chi connectivity index (χ1n) is 5.65. The van der Waals surface area contributed by atoms with Crippen LogP contribution in [0.2, 0.25) is 0 Å². The summed E-state index contributed by atoms with van der Waals surface area (Å²) in [6, 6.07) is 8.46. The first-order chi connectivity index (χ1) is 8.74. The third-order valence-corrected chi connectivity index (χ3v) is 2.52. The van der Waals surface area contributed by atoms with Crippen LogP contribution < -0.4 is 4.74 Å². The molecule has 0 aliphatic rings. The third kappa shape index (κ3) is 2.48. The van der Waals surface area contributed by atoms with Gasteiger partial charge in [-0.1, -0.05) is 0 Å². The Morgan fingerprint density at radius 2 is 2.00 bits per heavy atom. The zero-order valence-corrected chi connectivity index (χ0v) is 9.97. The summed E-state index contributed by atoms with van der Waals surface area (Å²) >= 11 is 0. The molecule has 92 valence electrons. The van der Waals surface area contributed by atoms with Gasteiger partial charge in [-0.3, -0.25) is 9.59 Å². The van der Waals surface area contributed by atoms with Gasteiger partial charge in [0.1, 0.15) is 5.75 Å². The van der Waals surface area contributed by atoms with Gasteiger partial charge in [0.25, 0.3) is 0 Å². The summed E-state index contributed by atoms with van der Waals surface area (Å²) in [6.07, 6.45) is 2.21. The molecule has 0 atom stereocenters. The minimum atomic E-state index is -0.123. The van der Waals surface area contributed by atoms with Crippen molar-refractivity contribution in [2.45, 2.75) is 6.92 Å². The zero-order valence-electron chi connectivity index (χ0n) is 9.97. The number of H-pyrrole nitrogens is 1. The van der Waals surface area contributed by atoms with E-state index in [-0.39, 0.29) is 5.78 Å². The number of benzene rings is 1. The van der Waals surface area contributed by atoms with E-state index < -0.39 is 0 Å². The molecule has 1 aromatic carbocycles. The Morgan fingerprint density at radius 1 is 1.28 bits per heavy atom. The van der Waals surface area contributed by atoms with E-state index in [2.05, 4.69) is 4.98 Å². The molecule has 18 heavy (non-hydrogen) atoms. The Kier molecular flexibility index (Phi) is 3.57. The summed E-state index contributed by atoms with van der Waals surface area (Å²) in [7, 11) is 0. The highest BCUT2D eigenvalue weighted by Gasteiger charge is 2.10. The summed E-state index contributed by atoms with van der Waals surface area (Å²) in [5.41, 5.74) is 1.43. The van der Waals surface area contributed by atoms with Crippen LogP contribution in [0.4, 0.5) is 0 Å². The number of nitrogens with one attached hydrogen (secondary N) is 1. The van der Waals surface area contributed by atoms with Crippen LogP contribution in [-0.2, 0) is 0 Å². The maximum absolute atomic E-state index is 12.1. The van der Waals surface area contributed by atoms with E-state index in [1.165, 1.54) is 12.3 Å². The van der Waals surface area contributed by atoms with E-state index in [4.69, 9.17) is 4.74 Å². The molecule has 0 radical (unpaired) electrons. The maximum atomic E-state index is 12.1. The van der Waals surface area contributed by atoms with Gasteiger partial charge >= 0.3 is 0 Å². The molecule has 4 heteroatoms. The molecule has 0 spiro atoms. The first kappa shape index (κ1) is 12.1. The van der Waals surface area contributed by atoms with E-state index in [1.54, 1.807) is 24.3 Å². The van der Waals surface area contributed by atoms with Crippen molar-refractivity contribution in [2.24, 2.45) is 0 Å². The third-order valence-electron chi connectivity index (χ3n) is 2.52. The predicted molar refractivity (Wildman–Crippen MR) is 67.2 cm³/mol. The highest BCUT2D eigenvalue weighted by Crippen LogP contribution is 2.15. The largest absolute Gasteiger partial charge is 0.494 e. The Hall–Kier alpha value is -2.36. The molecule has 0 saturated heterocycles. The fourth-order valence-electron chi connectivity index (χ4n) is 1.65. The highest BCUT2D eigenvalue weighted by molar-refractivity contribution is 6.09. The van der Waals surface area contributed by atoms with Crippen LogP contribution >= 0.6 is 0 Å². The smallest absolute Gasteiger partial charge is 0.194 e. The minimum Gasteiger partial charge on any atom is -0.494 e. The molecule has 0 amide bonds. The number of hydrogen-bond acceptors (Lipinski definition) is 3. The van der Waals surface area contributed by atoms with Gasteiger partial charge in [-0.15, -0.1) is 0 Å². The summed E-state index contributed by atoms with van der Waals surface area (Å²) in [4.78, 5) is 25.3. The van der Waals surface area contributed by atoms with Crippen molar-refractivity contribution in [2.75, 3.05) is 6.61 Å². The summed E-state index contributed by atoms with van der Waals surface area (Å²) in [6.45, 7) is 2.49. The van der Waals surface area contributed by atoms with Gasteiger partial charge in [-0.05, 0) is 37.3 Å². The average molecular weight is 243 g/mol. The van der Waals surface area contributed by atoms with Crippen LogP contribution in [0.1, 0.15) is 33.3 Å². The zero-order chi connectivity index (χ0) is 13.0. The molecule has 0 aliphatic carbocycles. The number of ketones is 1. The van der Waals surface area contributed by atoms with Crippen molar-refractivity contribution in [1.29, 1.82) is 0 Å². The number of hydrogen-bond donors (Lipinski definition) is 1. The van der Waals surface area contributed by atoms with E-state index >= 15 is 0 Å². The lowest BCUT2D eigenvalue weighted by atomic mass is 10.1. The molecule has 0 unspecified atom stereocenters. The van der Waals surface area contributed by atoms with Gasteiger partial charge in [-0.2, -0.15) is 0 Å². The topological polar surface area (TPSA) is 59.2 Å². The fraction of sp³-hybridized carbons (Fsp3) is 0.143. The molecule has 2 aromatic rings. The van der Waals surface area contributed by atoms with Crippen LogP contribution in [0.25, 0.3) is 0 Å². The van der Waals surface area contributed by atoms with Gasteiger partial charge in [0.2, 0.25) is 0 Å². The Labute approximate surface area is 105 Å². The second kappa shape index (κ2) is 5.31. The second-order valence-electron chi connectivity index (χ2n) is 3.75. The van der Waals surface area contributed by atoms with E-state index in [1.807, 2.05) is 6.92 Å². The van der Waals surface area contributed by atoms with Crippen LogP contribution in [-0.4, -0.2) is 23.7 Å². The Morgan fingerprint density at radius 3 is 2.56 bits per heavy atom.